The van der Waals surface area contributed by atoms with Crippen molar-refractivity contribution in [3.05, 3.63) is 48.3 Å². The number of ether oxygens (including phenoxy) is 1. The molecule has 0 bridgehead atoms. The van der Waals surface area contributed by atoms with Gasteiger partial charge in [-0.1, -0.05) is 0 Å². The Kier molecular flexibility index (Phi) is 3.84. The molecular weight excluding hydrogens is 252 g/mol. The van der Waals surface area contributed by atoms with Gasteiger partial charge in [-0.25, -0.2) is 0 Å². The first-order chi connectivity index (χ1) is 9.35. The van der Waals surface area contributed by atoms with Crippen LogP contribution < -0.4 is 10.1 Å². The van der Waals surface area contributed by atoms with Crippen LogP contribution in [-0.4, -0.2) is 16.1 Å². The summed E-state index contributed by atoms with van der Waals surface area (Å²) in [6.45, 7) is 5.99. The Morgan fingerprint density at radius 2 is 1.80 bits per heavy atom. The minimum atomic E-state index is -0.228. The number of amides is 1. The van der Waals surface area contributed by atoms with Crippen molar-refractivity contribution >= 4 is 11.6 Å². The fourth-order valence-corrected chi connectivity index (χ4v) is 1.85. The van der Waals surface area contributed by atoms with Crippen molar-refractivity contribution in [3.63, 3.8) is 0 Å². The Balaban J connectivity index is 2.04. The molecule has 0 atom stereocenters. The van der Waals surface area contributed by atoms with Gasteiger partial charge < -0.3 is 14.6 Å². The first-order valence-corrected chi connectivity index (χ1v) is 6.57. The van der Waals surface area contributed by atoms with Crippen LogP contribution in [0.5, 0.6) is 5.75 Å². The third-order valence-corrected chi connectivity index (χ3v) is 2.71. The standard InChI is InChI=1S/C16H20N2O2/c1-16(2,3)20-13-9-7-12(8-10-13)17-15(19)14-6-5-11-18(14)4/h5-11H,1-4H3,(H,17,19). The highest BCUT2D eigenvalue weighted by molar-refractivity contribution is 6.03. The van der Waals surface area contributed by atoms with E-state index in [1.807, 2.05) is 64.3 Å². The molecule has 20 heavy (non-hydrogen) atoms. The van der Waals surface area contributed by atoms with Crippen LogP contribution >= 0.6 is 0 Å². The molecule has 4 nitrogen and oxygen atoms in total. The Labute approximate surface area is 119 Å². The Morgan fingerprint density at radius 3 is 2.30 bits per heavy atom. The Hall–Kier alpha value is -2.23. The van der Waals surface area contributed by atoms with Crippen molar-refractivity contribution in [2.75, 3.05) is 5.32 Å². The first-order valence-electron chi connectivity index (χ1n) is 6.57. The van der Waals surface area contributed by atoms with Crippen LogP contribution in [-0.2, 0) is 7.05 Å². The molecule has 0 radical (unpaired) electrons. The van der Waals surface area contributed by atoms with E-state index in [4.69, 9.17) is 4.74 Å². The van der Waals surface area contributed by atoms with Gasteiger partial charge in [0, 0.05) is 18.9 Å². The quantitative estimate of drug-likeness (QED) is 0.930. The predicted molar refractivity (Wildman–Crippen MR) is 80.2 cm³/mol. The predicted octanol–water partition coefficient (Wildman–Crippen LogP) is 3.45. The van der Waals surface area contributed by atoms with Crippen LogP contribution in [0, 0.1) is 0 Å². The molecule has 1 amide bonds. The number of carbonyl (C=O) groups is 1. The minimum Gasteiger partial charge on any atom is -0.488 e. The highest BCUT2D eigenvalue weighted by atomic mass is 16.5. The zero-order valence-electron chi connectivity index (χ0n) is 12.3. The highest BCUT2D eigenvalue weighted by Gasteiger charge is 2.12. The molecule has 0 unspecified atom stereocenters. The van der Waals surface area contributed by atoms with Crippen molar-refractivity contribution < 1.29 is 9.53 Å². The van der Waals surface area contributed by atoms with Gasteiger partial charge in [-0.15, -0.1) is 0 Å². The van der Waals surface area contributed by atoms with Gasteiger partial charge in [0.25, 0.3) is 5.91 Å². The number of anilines is 1. The van der Waals surface area contributed by atoms with E-state index in [1.54, 1.807) is 10.6 Å². The number of nitrogens with one attached hydrogen (secondary N) is 1. The van der Waals surface area contributed by atoms with E-state index in [0.29, 0.717) is 5.69 Å². The lowest BCUT2D eigenvalue weighted by Gasteiger charge is -2.21. The molecule has 2 aromatic rings. The number of nitrogens with zero attached hydrogens (tertiary/aromatic N) is 1. The molecule has 0 fully saturated rings. The summed E-state index contributed by atoms with van der Waals surface area (Å²) in [7, 11) is 1.84. The van der Waals surface area contributed by atoms with Crippen LogP contribution in [0.1, 0.15) is 31.3 Å². The molecule has 4 heteroatoms. The Morgan fingerprint density at radius 1 is 1.15 bits per heavy atom. The van der Waals surface area contributed by atoms with Crippen LogP contribution in [0.25, 0.3) is 0 Å². The maximum absolute atomic E-state index is 12.0. The second-order valence-corrected chi connectivity index (χ2v) is 5.70. The maximum atomic E-state index is 12.0. The van der Waals surface area contributed by atoms with Crippen LogP contribution in [0.15, 0.2) is 42.6 Å². The summed E-state index contributed by atoms with van der Waals surface area (Å²) in [5.74, 6) is 0.663. The molecule has 1 aromatic heterocycles. The van der Waals surface area contributed by atoms with Crippen LogP contribution in [0.4, 0.5) is 5.69 Å². The van der Waals surface area contributed by atoms with Crippen molar-refractivity contribution in [2.45, 2.75) is 26.4 Å². The SMILES string of the molecule is Cn1cccc1C(=O)Nc1ccc(OC(C)(C)C)cc1. The molecule has 1 heterocycles. The lowest BCUT2D eigenvalue weighted by atomic mass is 10.2. The maximum Gasteiger partial charge on any atom is 0.272 e. The normalized spacial score (nSPS) is 11.2. The van der Waals surface area contributed by atoms with Gasteiger partial charge >= 0.3 is 0 Å². The van der Waals surface area contributed by atoms with Gasteiger partial charge in [-0.05, 0) is 57.2 Å². The average Bonchev–Trinajstić information content (AvgIpc) is 2.76. The highest BCUT2D eigenvalue weighted by Crippen LogP contribution is 2.20. The van der Waals surface area contributed by atoms with Crippen molar-refractivity contribution in [2.24, 2.45) is 7.05 Å². The van der Waals surface area contributed by atoms with E-state index < -0.39 is 0 Å². The number of benzene rings is 1. The molecule has 0 saturated carbocycles. The molecule has 0 spiro atoms. The molecule has 106 valence electrons. The number of carbonyl (C=O) groups excluding carboxylic acids is 1. The van der Waals surface area contributed by atoms with E-state index in [9.17, 15) is 4.79 Å². The largest absolute Gasteiger partial charge is 0.488 e. The summed E-state index contributed by atoms with van der Waals surface area (Å²) in [6, 6.07) is 11.0. The van der Waals surface area contributed by atoms with E-state index in [1.165, 1.54) is 0 Å². The van der Waals surface area contributed by atoms with Gasteiger partial charge in [0.2, 0.25) is 0 Å². The number of hydrogen-bond acceptors (Lipinski definition) is 2. The first kappa shape index (κ1) is 14.2. The third-order valence-electron chi connectivity index (χ3n) is 2.71. The van der Waals surface area contributed by atoms with Gasteiger partial charge in [-0.3, -0.25) is 4.79 Å². The van der Waals surface area contributed by atoms with Gasteiger partial charge in [0.15, 0.2) is 0 Å². The topological polar surface area (TPSA) is 43.3 Å². The lowest BCUT2D eigenvalue weighted by molar-refractivity contribution is 0.101. The molecule has 0 aliphatic carbocycles. The molecule has 0 aliphatic rings. The van der Waals surface area contributed by atoms with E-state index in [2.05, 4.69) is 5.32 Å². The summed E-state index contributed by atoms with van der Waals surface area (Å²) in [6.07, 6.45) is 1.84. The Bertz CT molecular complexity index is 592. The second kappa shape index (κ2) is 5.41. The van der Waals surface area contributed by atoms with Gasteiger partial charge in [-0.2, -0.15) is 0 Å². The minimum absolute atomic E-state index is 0.123. The molecule has 2 rings (SSSR count). The zero-order chi connectivity index (χ0) is 14.8. The van der Waals surface area contributed by atoms with Crippen LogP contribution in [0.2, 0.25) is 0 Å². The third kappa shape index (κ3) is 3.63. The number of hydrogen-bond donors (Lipinski definition) is 1. The molecule has 0 aliphatic heterocycles. The summed E-state index contributed by atoms with van der Waals surface area (Å²) in [4.78, 5) is 12.0. The molecule has 0 saturated heterocycles. The molecule has 1 aromatic carbocycles. The smallest absolute Gasteiger partial charge is 0.272 e. The number of aryl methyl sites for hydroxylation is 1. The lowest BCUT2D eigenvalue weighted by Crippen LogP contribution is -2.22. The van der Waals surface area contributed by atoms with Gasteiger partial charge in [0.1, 0.15) is 17.0 Å². The van der Waals surface area contributed by atoms with Crippen molar-refractivity contribution in [1.82, 2.24) is 4.57 Å². The van der Waals surface area contributed by atoms with E-state index in [-0.39, 0.29) is 11.5 Å². The van der Waals surface area contributed by atoms with Gasteiger partial charge in [0.05, 0.1) is 0 Å². The number of rotatable bonds is 3. The molecule has 1 N–H and O–H groups in total. The second-order valence-electron chi connectivity index (χ2n) is 5.70. The van der Waals surface area contributed by atoms with E-state index >= 15 is 0 Å². The van der Waals surface area contributed by atoms with E-state index in [0.717, 1.165) is 11.4 Å². The summed E-state index contributed by atoms with van der Waals surface area (Å²) in [5.41, 5.74) is 1.14. The zero-order valence-corrected chi connectivity index (χ0v) is 12.3. The van der Waals surface area contributed by atoms with Crippen molar-refractivity contribution in [3.8, 4) is 5.75 Å². The molecular formula is C16H20N2O2. The summed E-state index contributed by atoms with van der Waals surface area (Å²) < 4.78 is 7.52. The average molecular weight is 272 g/mol. The monoisotopic (exact) mass is 272 g/mol. The fourth-order valence-electron chi connectivity index (χ4n) is 1.85. The van der Waals surface area contributed by atoms with Crippen LogP contribution in [0.3, 0.4) is 0 Å². The number of aromatic nitrogens is 1. The summed E-state index contributed by atoms with van der Waals surface area (Å²) in [5, 5.41) is 2.86. The summed E-state index contributed by atoms with van der Waals surface area (Å²) >= 11 is 0. The fraction of sp³-hybridized carbons (Fsp3) is 0.312. The van der Waals surface area contributed by atoms with Crippen molar-refractivity contribution in [1.29, 1.82) is 0 Å².